The van der Waals surface area contributed by atoms with Crippen LogP contribution in [0.15, 0.2) is 52.8 Å². The third-order valence-corrected chi connectivity index (χ3v) is 5.48. The maximum absolute atomic E-state index is 12.5. The van der Waals surface area contributed by atoms with Crippen molar-refractivity contribution in [2.45, 2.75) is 6.92 Å². The SMILES string of the molecule is Cc1ccc(NC(=O)/C(N)=C/C(Br)=C\N)cc1-c1cc(OCCO)nc(N2CCOCC2)c1. The highest BCUT2D eigenvalue weighted by molar-refractivity contribution is 9.11. The van der Waals surface area contributed by atoms with Crippen LogP contribution in [0.2, 0.25) is 0 Å². The van der Waals surface area contributed by atoms with Crippen molar-refractivity contribution in [3.05, 3.63) is 58.4 Å². The van der Waals surface area contributed by atoms with Gasteiger partial charge in [0.15, 0.2) is 0 Å². The Hall–Kier alpha value is -3.08. The predicted octanol–water partition coefficient (Wildman–Crippen LogP) is 2.24. The van der Waals surface area contributed by atoms with Crippen molar-refractivity contribution in [3.63, 3.8) is 0 Å². The number of nitrogens with one attached hydrogen (secondary N) is 1. The molecule has 2 aromatic rings. The summed E-state index contributed by atoms with van der Waals surface area (Å²) < 4.78 is 11.6. The summed E-state index contributed by atoms with van der Waals surface area (Å²) in [5, 5.41) is 12.0. The number of aryl methyl sites for hydroxylation is 1. The van der Waals surface area contributed by atoms with Gasteiger partial charge in [0, 0.05) is 35.5 Å². The molecule has 0 spiro atoms. The van der Waals surface area contributed by atoms with Crippen molar-refractivity contribution in [3.8, 4) is 17.0 Å². The zero-order valence-electron chi connectivity index (χ0n) is 18.4. The first-order valence-corrected chi connectivity index (χ1v) is 11.3. The average Bonchev–Trinajstić information content (AvgIpc) is 2.84. The van der Waals surface area contributed by atoms with Crippen LogP contribution in [-0.2, 0) is 9.53 Å². The minimum atomic E-state index is -0.445. The number of aromatic nitrogens is 1. The number of rotatable bonds is 8. The van der Waals surface area contributed by atoms with E-state index in [9.17, 15) is 4.79 Å². The van der Waals surface area contributed by atoms with E-state index in [2.05, 4.69) is 31.1 Å². The van der Waals surface area contributed by atoms with Gasteiger partial charge in [-0.1, -0.05) is 6.07 Å². The number of carbonyl (C=O) groups excluding carboxylic acids is 1. The molecule has 1 amide bonds. The van der Waals surface area contributed by atoms with Crippen LogP contribution in [0.3, 0.4) is 0 Å². The lowest BCUT2D eigenvalue weighted by atomic mass is 10.00. The van der Waals surface area contributed by atoms with E-state index in [4.69, 9.17) is 26.0 Å². The Kier molecular flexibility index (Phi) is 8.70. The van der Waals surface area contributed by atoms with E-state index in [0.29, 0.717) is 29.3 Å². The van der Waals surface area contributed by atoms with Gasteiger partial charge >= 0.3 is 0 Å². The first kappa shape index (κ1) is 24.6. The molecule has 1 aromatic carbocycles. The van der Waals surface area contributed by atoms with Crippen LogP contribution in [0.4, 0.5) is 11.5 Å². The van der Waals surface area contributed by atoms with Crippen LogP contribution in [0.25, 0.3) is 11.1 Å². The standard InChI is InChI=1S/C23H28BrN5O4/c1-15-2-3-18(27-23(31)20(26)12-17(24)14-25)13-19(15)16-10-21(29-4-7-32-8-5-29)28-22(11-16)33-9-6-30/h2-3,10-14,30H,4-9,25-26H2,1H3,(H,27,31)/b17-14+,20-12-. The van der Waals surface area contributed by atoms with Crippen LogP contribution in [0.1, 0.15) is 5.56 Å². The van der Waals surface area contributed by atoms with Gasteiger partial charge in [0.25, 0.3) is 5.91 Å². The molecule has 2 heterocycles. The molecule has 1 aromatic heterocycles. The highest BCUT2D eigenvalue weighted by atomic mass is 79.9. The van der Waals surface area contributed by atoms with Crippen LogP contribution < -0.4 is 26.4 Å². The summed E-state index contributed by atoms with van der Waals surface area (Å²) in [5.74, 6) is 0.741. The number of hydrogen-bond acceptors (Lipinski definition) is 8. The quantitative estimate of drug-likeness (QED) is 0.309. The number of hydrogen-bond donors (Lipinski definition) is 4. The van der Waals surface area contributed by atoms with Gasteiger partial charge in [-0.2, -0.15) is 4.98 Å². The molecule has 176 valence electrons. The lowest BCUT2D eigenvalue weighted by Crippen LogP contribution is -2.36. The molecule has 0 unspecified atom stereocenters. The summed E-state index contributed by atoms with van der Waals surface area (Å²) in [6.45, 7) is 4.73. The number of morpholine rings is 1. The summed E-state index contributed by atoms with van der Waals surface area (Å²) in [6.07, 6.45) is 2.74. The molecular weight excluding hydrogens is 490 g/mol. The van der Waals surface area contributed by atoms with Gasteiger partial charge in [0.2, 0.25) is 5.88 Å². The lowest BCUT2D eigenvalue weighted by molar-refractivity contribution is -0.112. The third-order valence-electron chi connectivity index (χ3n) is 4.99. The zero-order valence-corrected chi connectivity index (χ0v) is 20.0. The van der Waals surface area contributed by atoms with Gasteiger partial charge in [0.05, 0.1) is 25.5 Å². The Morgan fingerprint density at radius 1 is 1.33 bits per heavy atom. The van der Waals surface area contributed by atoms with Crippen LogP contribution in [0, 0.1) is 6.92 Å². The van der Waals surface area contributed by atoms with E-state index in [1.165, 1.54) is 12.3 Å². The molecular formula is C23H28BrN5O4. The summed E-state index contributed by atoms with van der Waals surface area (Å²) in [7, 11) is 0. The molecule has 3 rings (SSSR count). The van der Waals surface area contributed by atoms with Crippen molar-refractivity contribution >= 4 is 33.3 Å². The number of benzene rings is 1. The molecule has 1 saturated heterocycles. The summed E-state index contributed by atoms with van der Waals surface area (Å²) in [6, 6.07) is 9.42. The largest absolute Gasteiger partial charge is 0.475 e. The van der Waals surface area contributed by atoms with Crippen molar-refractivity contribution in [1.29, 1.82) is 0 Å². The van der Waals surface area contributed by atoms with E-state index in [-0.39, 0.29) is 18.9 Å². The average molecular weight is 518 g/mol. The number of carbonyl (C=O) groups is 1. The Balaban J connectivity index is 1.94. The number of aliphatic hydroxyl groups is 1. The Morgan fingerprint density at radius 2 is 2.09 bits per heavy atom. The predicted molar refractivity (Wildman–Crippen MR) is 132 cm³/mol. The number of halogens is 1. The van der Waals surface area contributed by atoms with E-state index in [1.54, 1.807) is 0 Å². The van der Waals surface area contributed by atoms with Crippen LogP contribution in [0.5, 0.6) is 5.88 Å². The van der Waals surface area contributed by atoms with Gasteiger partial charge in [-0.15, -0.1) is 0 Å². The van der Waals surface area contributed by atoms with Crippen molar-refractivity contribution in [2.75, 3.05) is 49.7 Å². The number of pyridine rings is 1. The second kappa shape index (κ2) is 11.7. The number of anilines is 2. The monoisotopic (exact) mass is 517 g/mol. The molecule has 0 atom stereocenters. The molecule has 33 heavy (non-hydrogen) atoms. The lowest BCUT2D eigenvalue weighted by Gasteiger charge is -2.28. The van der Waals surface area contributed by atoms with Gasteiger partial charge < -0.3 is 36.3 Å². The smallest absolute Gasteiger partial charge is 0.271 e. The van der Waals surface area contributed by atoms with Gasteiger partial charge in [-0.25, -0.2) is 0 Å². The Labute approximate surface area is 201 Å². The number of ether oxygens (including phenoxy) is 2. The Morgan fingerprint density at radius 3 is 2.79 bits per heavy atom. The number of amides is 1. The summed E-state index contributed by atoms with van der Waals surface area (Å²) in [5.41, 5.74) is 14.7. The van der Waals surface area contributed by atoms with Gasteiger partial charge in [-0.3, -0.25) is 4.79 Å². The normalized spacial score (nSPS) is 14.8. The zero-order chi connectivity index (χ0) is 23.8. The van der Waals surface area contributed by atoms with Gasteiger partial charge in [-0.05, 0) is 63.8 Å². The summed E-state index contributed by atoms with van der Waals surface area (Å²) in [4.78, 5) is 19.2. The number of allylic oxidation sites excluding steroid dienone is 2. The molecule has 0 aliphatic carbocycles. The molecule has 6 N–H and O–H groups in total. The van der Waals surface area contributed by atoms with E-state index < -0.39 is 5.91 Å². The molecule has 0 saturated carbocycles. The van der Waals surface area contributed by atoms with Crippen molar-refractivity contribution < 1.29 is 19.4 Å². The molecule has 10 heteroatoms. The molecule has 1 aliphatic heterocycles. The maximum atomic E-state index is 12.5. The minimum Gasteiger partial charge on any atom is -0.475 e. The molecule has 0 radical (unpaired) electrons. The molecule has 0 bridgehead atoms. The van der Waals surface area contributed by atoms with Crippen LogP contribution in [-0.4, -0.2) is 55.5 Å². The number of aliphatic hydroxyl groups excluding tert-OH is 1. The first-order valence-electron chi connectivity index (χ1n) is 10.5. The van der Waals surface area contributed by atoms with Crippen LogP contribution >= 0.6 is 15.9 Å². The first-order chi connectivity index (χ1) is 15.9. The highest BCUT2D eigenvalue weighted by Crippen LogP contribution is 2.32. The minimum absolute atomic E-state index is 0.0175. The third kappa shape index (κ3) is 6.70. The van der Waals surface area contributed by atoms with E-state index in [0.717, 1.165) is 35.6 Å². The van der Waals surface area contributed by atoms with E-state index in [1.807, 2.05) is 37.3 Å². The highest BCUT2D eigenvalue weighted by Gasteiger charge is 2.17. The fourth-order valence-corrected chi connectivity index (χ4v) is 3.55. The molecule has 9 nitrogen and oxygen atoms in total. The van der Waals surface area contributed by atoms with E-state index >= 15 is 0 Å². The Bertz CT molecular complexity index is 1050. The fraction of sp³-hybridized carbons (Fsp3) is 0.304. The molecule has 1 aliphatic rings. The fourth-order valence-electron chi connectivity index (χ4n) is 3.30. The summed E-state index contributed by atoms with van der Waals surface area (Å²) >= 11 is 3.20. The topological polar surface area (TPSA) is 136 Å². The maximum Gasteiger partial charge on any atom is 0.271 e. The van der Waals surface area contributed by atoms with Crippen molar-refractivity contribution in [1.82, 2.24) is 4.98 Å². The number of nitrogens with zero attached hydrogens (tertiary/aromatic N) is 2. The number of nitrogens with two attached hydrogens (primary N) is 2. The second-order valence-corrected chi connectivity index (χ2v) is 8.27. The molecule has 1 fully saturated rings. The second-order valence-electron chi connectivity index (χ2n) is 7.36. The van der Waals surface area contributed by atoms with Crippen molar-refractivity contribution in [2.24, 2.45) is 11.5 Å². The van der Waals surface area contributed by atoms with Gasteiger partial charge in [0.1, 0.15) is 12.4 Å².